The summed E-state index contributed by atoms with van der Waals surface area (Å²) in [6, 6.07) is 0. The van der Waals surface area contributed by atoms with Crippen LogP contribution in [0.25, 0.3) is 0 Å². The zero-order valence-electron chi connectivity index (χ0n) is 12.7. The number of rotatable bonds is 11. The van der Waals surface area contributed by atoms with E-state index in [0.29, 0.717) is 26.1 Å². The second-order valence-electron chi connectivity index (χ2n) is 4.26. The Balaban J connectivity index is 3.81. The van der Waals surface area contributed by atoms with Crippen LogP contribution < -0.4 is 15.4 Å². The smallest absolute Gasteiger partial charge is 0.208 e. The van der Waals surface area contributed by atoms with E-state index in [1.54, 1.807) is 0 Å². The van der Waals surface area contributed by atoms with Crippen molar-refractivity contribution in [3.8, 4) is 0 Å². The number of hydrogen-bond acceptors (Lipinski definition) is 4. The topological polar surface area (TPSA) is 91.8 Å². The predicted molar refractivity (Wildman–Crippen MR) is 82.6 cm³/mol. The normalized spacial score (nSPS) is 12.4. The lowest BCUT2D eigenvalue weighted by atomic mass is 10.4. The molecule has 0 saturated carbocycles. The van der Waals surface area contributed by atoms with E-state index in [4.69, 9.17) is 4.74 Å². The Labute approximate surface area is 122 Å². The van der Waals surface area contributed by atoms with Crippen LogP contribution in [0.4, 0.5) is 0 Å². The Morgan fingerprint density at radius 3 is 2.50 bits per heavy atom. The van der Waals surface area contributed by atoms with Crippen molar-refractivity contribution >= 4 is 16.0 Å². The standard InChI is InChI=1S/C12H28N4O3S/c1-4-13-12(15-9-7-11-19-5-2)14-8-6-10-16-20(3,17)18/h16H,4-11H2,1-3H3,(H2,13,14,15). The number of hydrogen-bond donors (Lipinski definition) is 3. The fraction of sp³-hybridized carbons (Fsp3) is 0.917. The molecule has 0 amide bonds. The molecule has 8 heteroatoms. The molecule has 0 rings (SSSR count). The minimum Gasteiger partial charge on any atom is -0.382 e. The molecule has 0 radical (unpaired) electrons. The molecule has 0 heterocycles. The monoisotopic (exact) mass is 308 g/mol. The summed E-state index contributed by atoms with van der Waals surface area (Å²) in [5, 5.41) is 6.30. The molecule has 0 aromatic rings. The van der Waals surface area contributed by atoms with Crippen molar-refractivity contribution in [1.82, 2.24) is 15.4 Å². The van der Waals surface area contributed by atoms with E-state index >= 15 is 0 Å². The number of nitrogens with one attached hydrogen (secondary N) is 3. The summed E-state index contributed by atoms with van der Waals surface area (Å²) >= 11 is 0. The molecule has 0 aliphatic heterocycles. The maximum absolute atomic E-state index is 10.9. The SMILES string of the molecule is CCNC(=NCCCOCC)NCCCNS(C)(=O)=O. The van der Waals surface area contributed by atoms with Crippen LogP contribution >= 0.6 is 0 Å². The fourth-order valence-electron chi connectivity index (χ4n) is 1.40. The van der Waals surface area contributed by atoms with Crippen LogP contribution in [0.2, 0.25) is 0 Å². The molecule has 120 valence electrons. The zero-order chi connectivity index (χ0) is 15.3. The van der Waals surface area contributed by atoms with E-state index in [-0.39, 0.29) is 0 Å². The zero-order valence-corrected chi connectivity index (χ0v) is 13.6. The third-order valence-corrected chi connectivity index (χ3v) is 3.00. The minimum absolute atomic E-state index is 0.426. The molecule has 0 aliphatic carbocycles. The average Bonchev–Trinajstić information content (AvgIpc) is 2.36. The molecular weight excluding hydrogens is 280 g/mol. The molecule has 0 aliphatic rings. The van der Waals surface area contributed by atoms with Crippen LogP contribution in [0.5, 0.6) is 0 Å². The lowest BCUT2D eigenvalue weighted by molar-refractivity contribution is 0.146. The van der Waals surface area contributed by atoms with Gasteiger partial charge in [0.05, 0.1) is 6.26 Å². The Bertz CT molecular complexity index is 358. The van der Waals surface area contributed by atoms with Crippen LogP contribution in [0.15, 0.2) is 4.99 Å². The predicted octanol–water partition coefficient (Wildman–Crippen LogP) is -0.0926. The molecule has 0 fully saturated rings. The van der Waals surface area contributed by atoms with Crippen molar-refractivity contribution in [1.29, 1.82) is 0 Å². The largest absolute Gasteiger partial charge is 0.382 e. The highest BCUT2D eigenvalue weighted by Gasteiger charge is 2.00. The first-order chi connectivity index (χ1) is 9.49. The highest BCUT2D eigenvalue weighted by molar-refractivity contribution is 7.88. The Morgan fingerprint density at radius 1 is 1.15 bits per heavy atom. The van der Waals surface area contributed by atoms with Crippen molar-refractivity contribution in [3.63, 3.8) is 0 Å². The van der Waals surface area contributed by atoms with Gasteiger partial charge in [0.15, 0.2) is 5.96 Å². The Morgan fingerprint density at radius 2 is 1.90 bits per heavy atom. The number of ether oxygens (including phenoxy) is 1. The first-order valence-corrected chi connectivity index (χ1v) is 8.93. The van der Waals surface area contributed by atoms with Crippen molar-refractivity contribution in [2.45, 2.75) is 26.7 Å². The van der Waals surface area contributed by atoms with Gasteiger partial charge in [0.1, 0.15) is 0 Å². The molecule has 0 spiro atoms. The summed E-state index contributed by atoms with van der Waals surface area (Å²) in [6.07, 6.45) is 2.75. The van der Waals surface area contributed by atoms with Crippen LogP contribution in [0.1, 0.15) is 26.7 Å². The Kier molecular flexibility index (Phi) is 11.4. The highest BCUT2D eigenvalue weighted by atomic mass is 32.2. The van der Waals surface area contributed by atoms with Gasteiger partial charge in [0.25, 0.3) is 0 Å². The lowest BCUT2D eigenvalue weighted by Gasteiger charge is -2.11. The molecule has 20 heavy (non-hydrogen) atoms. The summed E-state index contributed by atoms with van der Waals surface area (Å²) in [5.41, 5.74) is 0. The second kappa shape index (κ2) is 11.9. The van der Waals surface area contributed by atoms with Crippen molar-refractivity contribution in [2.24, 2.45) is 4.99 Å². The van der Waals surface area contributed by atoms with E-state index in [1.807, 2.05) is 13.8 Å². The van der Waals surface area contributed by atoms with Gasteiger partial charge >= 0.3 is 0 Å². The first-order valence-electron chi connectivity index (χ1n) is 7.04. The fourth-order valence-corrected chi connectivity index (χ4v) is 1.91. The third-order valence-electron chi connectivity index (χ3n) is 2.28. The first kappa shape index (κ1) is 19.1. The molecule has 7 nitrogen and oxygen atoms in total. The average molecular weight is 308 g/mol. The molecule has 0 saturated heterocycles. The van der Waals surface area contributed by atoms with Gasteiger partial charge in [0, 0.05) is 39.4 Å². The van der Waals surface area contributed by atoms with Gasteiger partial charge in [-0.2, -0.15) is 0 Å². The van der Waals surface area contributed by atoms with Gasteiger partial charge in [-0.25, -0.2) is 13.1 Å². The third kappa shape index (κ3) is 13.6. The molecule has 0 aromatic heterocycles. The number of aliphatic imine (C=N–C) groups is 1. The highest BCUT2D eigenvalue weighted by Crippen LogP contribution is 1.85. The van der Waals surface area contributed by atoms with Crippen molar-refractivity contribution < 1.29 is 13.2 Å². The molecule has 0 aromatic carbocycles. The van der Waals surface area contributed by atoms with E-state index in [0.717, 1.165) is 38.4 Å². The van der Waals surface area contributed by atoms with Gasteiger partial charge in [-0.3, -0.25) is 4.99 Å². The molecular formula is C12H28N4O3S. The van der Waals surface area contributed by atoms with E-state index in [9.17, 15) is 8.42 Å². The van der Waals surface area contributed by atoms with E-state index in [1.165, 1.54) is 0 Å². The maximum Gasteiger partial charge on any atom is 0.208 e. The second-order valence-corrected chi connectivity index (χ2v) is 6.09. The van der Waals surface area contributed by atoms with E-state index < -0.39 is 10.0 Å². The minimum atomic E-state index is -3.10. The van der Waals surface area contributed by atoms with Crippen molar-refractivity contribution in [3.05, 3.63) is 0 Å². The number of sulfonamides is 1. The van der Waals surface area contributed by atoms with Gasteiger partial charge in [-0.1, -0.05) is 0 Å². The quantitative estimate of drug-likeness (QED) is 0.282. The van der Waals surface area contributed by atoms with Crippen molar-refractivity contribution in [2.75, 3.05) is 45.6 Å². The summed E-state index contributed by atoms with van der Waals surface area (Å²) < 4.78 is 29.5. The van der Waals surface area contributed by atoms with Crippen LogP contribution in [0, 0.1) is 0 Å². The van der Waals surface area contributed by atoms with Gasteiger partial charge < -0.3 is 15.4 Å². The summed E-state index contributed by atoms with van der Waals surface area (Å²) in [6.45, 7) is 8.01. The number of nitrogens with zero attached hydrogens (tertiary/aromatic N) is 1. The molecule has 0 unspecified atom stereocenters. The van der Waals surface area contributed by atoms with Gasteiger partial charge in [-0.05, 0) is 26.7 Å². The van der Waals surface area contributed by atoms with Crippen LogP contribution in [-0.2, 0) is 14.8 Å². The molecule has 3 N–H and O–H groups in total. The molecule has 0 bridgehead atoms. The summed E-state index contributed by atoms with van der Waals surface area (Å²) in [7, 11) is -3.10. The number of guanidine groups is 1. The lowest BCUT2D eigenvalue weighted by Crippen LogP contribution is -2.38. The van der Waals surface area contributed by atoms with Crippen LogP contribution in [0.3, 0.4) is 0 Å². The van der Waals surface area contributed by atoms with Crippen LogP contribution in [-0.4, -0.2) is 60.0 Å². The molecule has 0 atom stereocenters. The summed E-state index contributed by atoms with van der Waals surface area (Å²) in [4.78, 5) is 4.41. The summed E-state index contributed by atoms with van der Waals surface area (Å²) in [5.74, 6) is 0.753. The maximum atomic E-state index is 10.9. The Hall–Kier alpha value is -0.860. The van der Waals surface area contributed by atoms with E-state index in [2.05, 4.69) is 20.3 Å². The van der Waals surface area contributed by atoms with Gasteiger partial charge in [-0.15, -0.1) is 0 Å². The van der Waals surface area contributed by atoms with Gasteiger partial charge in [0.2, 0.25) is 10.0 Å².